The van der Waals surface area contributed by atoms with Crippen molar-refractivity contribution in [2.45, 2.75) is 40.2 Å². The van der Waals surface area contributed by atoms with Gasteiger partial charge in [-0.15, -0.1) is 5.10 Å². The van der Waals surface area contributed by atoms with Crippen LogP contribution in [0.15, 0.2) is 29.2 Å². The molecule has 0 bridgehead atoms. The highest BCUT2D eigenvalue weighted by atomic mass is 32.1. The van der Waals surface area contributed by atoms with E-state index < -0.39 is 11.5 Å². The van der Waals surface area contributed by atoms with Gasteiger partial charge in [-0.2, -0.15) is 4.52 Å². The quantitative estimate of drug-likeness (QED) is 0.470. The van der Waals surface area contributed by atoms with Gasteiger partial charge in [0, 0.05) is 25.8 Å². The van der Waals surface area contributed by atoms with Crippen LogP contribution in [-0.4, -0.2) is 47.3 Å². The number of fused-ring (bicyclic) bond motifs is 1. The Morgan fingerprint density at radius 2 is 1.94 bits per heavy atom. The van der Waals surface area contributed by atoms with Crippen LogP contribution in [0, 0.1) is 0 Å². The molecule has 0 aliphatic heterocycles. The number of methoxy groups -OCH3 is 1. The van der Waals surface area contributed by atoms with E-state index in [9.17, 15) is 9.59 Å². The Kier molecular flexibility index (Phi) is 8.04. The number of carbonyl (C=O) groups is 1. The molecule has 3 rings (SSSR count). The highest BCUT2D eigenvalue weighted by Crippen LogP contribution is 2.28. The predicted octanol–water partition coefficient (Wildman–Crippen LogP) is 3.11. The fraction of sp³-hybridized carbons (Fsp3) is 0.455. The first-order valence-corrected chi connectivity index (χ1v) is 11.6. The lowest BCUT2D eigenvalue weighted by atomic mass is 10.2. The summed E-state index contributed by atoms with van der Waals surface area (Å²) in [7, 11) is 1.56. The second-order valence-corrected chi connectivity index (χ2v) is 8.08. The average Bonchev–Trinajstić information content (AvgIpc) is 3.23. The van der Waals surface area contributed by atoms with Crippen molar-refractivity contribution in [2.75, 3.05) is 31.7 Å². The Bertz CT molecular complexity index is 1120. The second kappa shape index (κ2) is 10.9. The molecule has 0 unspecified atom stereocenters. The standard InChI is InChI=1S/C22H29N5O4S/c1-5-10-26(11-6-2)22-25-27-20(29)16(14-24-21(27)32-22)19(28)23-13-15-8-9-17(31-7-3)18(12-15)30-4/h8-9,12,14H,5-7,10-11,13H2,1-4H3,(H,23,28). The third-order valence-corrected chi connectivity index (χ3v) is 5.74. The lowest BCUT2D eigenvalue weighted by molar-refractivity contribution is 0.0948. The molecule has 0 aliphatic carbocycles. The first kappa shape index (κ1) is 23.5. The predicted molar refractivity (Wildman–Crippen MR) is 125 cm³/mol. The molecule has 0 fully saturated rings. The van der Waals surface area contributed by atoms with Gasteiger partial charge in [-0.05, 0) is 37.5 Å². The summed E-state index contributed by atoms with van der Waals surface area (Å²) < 4.78 is 12.1. The molecule has 0 atom stereocenters. The van der Waals surface area contributed by atoms with Crippen LogP contribution in [0.1, 0.15) is 49.5 Å². The molecule has 1 N–H and O–H groups in total. The number of anilines is 1. The third kappa shape index (κ3) is 5.18. The van der Waals surface area contributed by atoms with Gasteiger partial charge < -0.3 is 19.7 Å². The van der Waals surface area contributed by atoms with Crippen molar-refractivity contribution in [1.29, 1.82) is 0 Å². The van der Waals surface area contributed by atoms with Gasteiger partial charge in [0.1, 0.15) is 5.56 Å². The molecular weight excluding hydrogens is 430 g/mol. The lowest BCUT2D eigenvalue weighted by Gasteiger charge is -2.19. The van der Waals surface area contributed by atoms with E-state index in [0.717, 1.165) is 36.6 Å². The molecule has 9 nitrogen and oxygen atoms in total. The summed E-state index contributed by atoms with van der Waals surface area (Å²) in [4.78, 5) is 32.5. The van der Waals surface area contributed by atoms with Gasteiger partial charge in [-0.1, -0.05) is 31.3 Å². The molecule has 1 aromatic carbocycles. The Morgan fingerprint density at radius 1 is 1.19 bits per heavy atom. The number of hydrogen-bond donors (Lipinski definition) is 1. The van der Waals surface area contributed by atoms with Gasteiger partial charge in [-0.3, -0.25) is 9.59 Å². The number of rotatable bonds is 11. The number of nitrogens with one attached hydrogen (secondary N) is 1. The topological polar surface area (TPSA) is 98.1 Å². The van der Waals surface area contributed by atoms with E-state index in [-0.39, 0.29) is 12.1 Å². The molecule has 10 heteroatoms. The van der Waals surface area contributed by atoms with Gasteiger partial charge in [0.15, 0.2) is 11.5 Å². The third-order valence-electron chi connectivity index (χ3n) is 4.76. The molecular formula is C22H29N5O4S. The second-order valence-electron chi connectivity index (χ2n) is 7.14. The normalized spacial score (nSPS) is 10.9. The summed E-state index contributed by atoms with van der Waals surface area (Å²) in [5.41, 5.74) is 0.292. The summed E-state index contributed by atoms with van der Waals surface area (Å²) in [5.74, 6) is 0.719. The minimum absolute atomic E-state index is 0.0465. The van der Waals surface area contributed by atoms with Crippen LogP contribution in [0.4, 0.5) is 5.13 Å². The van der Waals surface area contributed by atoms with Gasteiger partial charge >= 0.3 is 0 Å². The highest BCUT2D eigenvalue weighted by Gasteiger charge is 2.18. The SMILES string of the molecule is CCCN(CCC)c1nn2c(=O)c(C(=O)NCc3ccc(OCC)c(OC)c3)cnc2s1. The molecule has 0 saturated carbocycles. The Morgan fingerprint density at radius 3 is 2.59 bits per heavy atom. The van der Waals surface area contributed by atoms with E-state index in [2.05, 4.69) is 34.1 Å². The zero-order valence-corrected chi connectivity index (χ0v) is 19.7. The van der Waals surface area contributed by atoms with Crippen LogP contribution in [0.5, 0.6) is 11.5 Å². The average molecular weight is 460 g/mol. The number of aromatic nitrogens is 3. The van der Waals surface area contributed by atoms with Crippen LogP contribution < -0.4 is 25.2 Å². The molecule has 1 amide bonds. The van der Waals surface area contributed by atoms with E-state index >= 15 is 0 Å². The molecule has 2 heterocycles. The van der Waals surface area contributed by atoms with Crippen molar-refractivity contribution in [3.63, 3.8) is 0 Å². The number of hydrogen-bond acceptors (Lipinski definition) is 8. The molecule has 0 spiro atoms. The molecule has 3 aromatic rings. The number of benzene rings is 1. The minimum atomic E-state index is -0.502. The fourth-order valence-electron chi connectivity index (χ4n) is 3.28. The molecule has 0 radical (unpaired) electrons. The van der Waals surface area contributed by atoms with E-state index in [1.165, 1.54) is 22.0 Å². The van der Waals surface area contributed by atoms with Crippen LogP contribution in [-0.2, 0) is 6.54 Å². The molecule has 32 heavy (non-hydrogen) atoms. The minimum Gasteiger partial charge on any atom is -0.493 e. The van der Waals surface area contributed by atoms with Gasteiger partial charge in [0.05, 0.1) is 13.7 Å². The maximum Gasteiger partial charge on any atom is 0.288 e. The maximum absolute atomic E-state index is 12.9. The van der Waals surface area contributed by atoms with E-state index in [0.29, 0.717) is 23.1 Å². The van der Waals surface area contributed by atoms with Crippen LogP contribution in [0.25, 0.3) is 4.96 Å². The van der Waals surface area contributed by atoms with E-state index in [4.69, 9.17) is 9.47 Å². The van der Waals surface area contributed by atoms with E-state index in [1.54, 1.807) is 19.2 Å². The maximum atomic E-state index is 12.9. The smallest absolute Gasteiger partial charge is 0.288 e. The number of ether oxygens (including phenoxy) is 2. The number of nitrogens with zero attached hydrogens (tertiary/aromatic N) is 4. The zero-order chi connectivity index (χ0) is 23.1. The Balaban J connectivity index is 1.78. The Labute approximate surface area is 191 Å². The van der Waals surface area contributed by atoms with Gasteiger partial charge in [0.25, 0.3) is 11.5 Å². The number of carbonyl (C=O) groups excluding carboxylic acids is 1. The van der Waals surface area contributed by atoms with Gasteiger partial charge in [0.2, 0.25) is 10.1 Å². The van der Waals surface area contributed by atoms with Crippen molar-refractivity contribution in [1.82, 2.24) is 19.9 Å². The summed E-state index contributed by atoms with van der Waals surface area (Å²) >= 11 is 1.35. The fourth-order valence-corrected chi connectivity index (χ4v) is 4.19. The summed E-state index contributed by atoms with van der Waals surface area (Å²) in [6, 6.07) is 5.43. The van der Waals surface area contributed by atoms with Crippen molar-refractivity contribution < 1.29 is 14.3 Å². The Hall–Kier alpha value is -3.14. The zero-order valence-electron chi connectivity index (χ0n) is 18.9. The summed E-state index contributed by atoms with van der Waals surface area (Å²) in [6.07, 6.45) is 3.27. The highest BCUT2D eigenvalue weighted by molar-refractivity contribution is 7.20. The van der Waals surface area contributed by atoms with Gasteiger partial charge in [-0.25, -0.2) is 4.98 Å². The van der Waals surface area contributed by atoms with Crippen molar-refractivity contribution in [3.8, 4) is 11.5 Å². The first-order valence-electron chi connectivity index (χ1n) is 10.7. The molecule has 172 valence electrons. The molecule has 0 aliphatic rings. The van der Waals surface area contributed by atoms with Crippen molar-refractivity contribution in [3.05, 3.63) is 45.9 Å². The van der Waals surface area contributed by atoms with Crippen LogP contribution >= 0.6 is 11.3 Å². The van der Waals surface area contributed by atoms with E-state index in [1.807, 2.05) is 13.0 Å². The lowest BCUT2D eigenvalue weighted by Crippen LogP contribution is -2.31. The van der Waals surface area contributed by atoms with Crippen LogP contribution in [0.2, 0.25) is 0 Å². The van der Waals surface area contributed by atoms with Crippen molar-refractivity contribution in [2.24, 2.45) is 0 Å². The number of amides is 1. The van der Waals surface area contributed by atoms with Crippen molar-refractivity contribution >= 4 is 27.3 Å². The monoisotopic (exact) mass is 459 g/mol. The first-order chi connectivity index (χ1) is 15.5. The molecule has 2 aromatic heterocycles. The molecule has 0 saturated heterocycles. The largest absolute Gasteiger partial charge is 0.493 e. The summed E-state index contributed by atoms with van der Waals surface area (Å²) in [5, 5.41) is 7.94. The summed E-state index contributed by atoms with van der Waals surface area (Å²) in [6.45, 7) is 8.55. The van der Waals surface area contributed by atoms with Crippen LogP contribution in [0.3, 0.4) is 0 Å².